The van der Waals surface area contributed by atoms with Gasteiger partial charge in [0, 0.05) is 23.2 Å². The van der Waals surface area contributed by atoms with Crippen molar-refractivity contribution in [2.45, 2.75) is 43.9 Å². The summed E-state index contributed by atoms with van der Waals surface area (Å²) in [6, 6.07) is 11.8. The van der Waals surface area contributed by atoms with Crippen molar-refractivity contribution in [3.63, 3.8) is 0 Å². The van der Waals surface area contributed by atoms with Crippen LogP contribution in [0.1, 0.15) is 41.7 Å². The number of nitrogens with one attached hydrogen (secondary N) is 2. The summed E-state index contributed by atoms with van der Waals surface area (Å²) in [4.78, 5) is 16.1. The van der Waals surface area contributed by atoms with Crippen LogP contribution in [-0.2, 0) is 6.18 Å². The zero-order valence-electron chi connectivity index (χ0n) is 16.8. The third kappa shape index (κ3) is 4.80. The highest BCUT2D eigenvalue weighted by molar-refractivity contribution is 6.31. The smallest absolute Gasteiger partial charge is 0.382 e. The summed E-state index contributed by atoms with van der Waals surface area (Å²) in [5.74, 6) is -1.29. The Hall–Kier alpha value is -2.87. The highest BCUT2D eigenvalue weighted by atomic mass is 35.5. The number of pyridine rings is 1. The van der Waals surface area contributed by atoms with Crippen LogP contribution in [-0.4, -0.2) is 23.0 Å². The summed E-state index contributed by atoms with van der Waals surface area (Å²) in [6.45, 7) is 0. The van der Waals surface area contributed by atoms with Crippen LogP contribution in [0.2, 0.25) is 5.02 Å². The lowest BCUT2D eigenvalue weighted by Crippen LogP contribution is -2.40. The van der Waals surface area contributed by atoms with Crippen molar-refractivity contribution >= 4 is 34.1 Å². The summed E-state index contributed by atoms with van der Waals surface area (Å²) < 4.78 is 53.9. The fraction of sp³-hybridized carbons (Fsp3) is 0.304. The van der Waals surface area contributed by atoms with Crippen LogP contribution in [0.3, 0.4) is 0 Å². The topological polar surface area (TPSA) is 54.0 Å². The van der Waals surface area contributed by atoms with Gasteiger partial charge in [0.2, 0.25) is 0 Å². The largest absolute Gasteiger partial charge is 0.433 e. The highest BCUT2D eigenvalue weighted by Crippen LogP contribution is 2.34. The van der Waals surface area contributed by atoms with Gasteiger partial charge in [-0.25, -0.2) is 9.37 Å². The zero-order valence-corrected chi connectivity index (χ0v) is 17.6. The SMILES string of the molecule is O=C(N[C@H]1CC[C@@H](Nc2cc(C(F)(F)F)nc3ccccc23)CC1)c1cccc(Cl)c1F. The van der Waals surface area contributed by atoms with Crippen molar-refractivity contribution in [2.24, 2.45) is 0 Å². The van der Waals surface area contributed by atoms with Gasteiger partial charge >= 0.3 is 6.18 Å². The van der Waals surface area contributed by atoms with E-state index in [4.69, 9.17) is 11.6 Å². The number of alkyl halides is 3. The average molecular weight is 466 g/mol. The Kier molecular flexibility index (Phi) is 6.24. The van der Waals surface area contributed by atoms with E-state index in [-0.39, 0.29) is 28.2 Å². The lowest BCUT2D eigenvalue weighted by molar-refractivity contribution is -0.140. The second kappa shape index (κ2) is 8.94. The first-order chi connectivity index (χ1) is 15.2. The third-order valence-electron chi connectivity index (χ3n) is 5.62. The van der Waals surface area contributed by atoms with Crippen molar-refractivity contribution in [1.82, 2.24) is 10.3 Å². The Morgan fingerprint density at radius 3 is 2.41 bits per heavy atom. The van der Waals surface area contributed by atoms with Crippen molar-refractivity contribution in [3.05, 3.63) is 70.6 Å². The van der Waals surface area contributed by atoms with E-state index < -0.39 is 23.6 Å². The second-order valence-corrected chi connectivity index (χ2v) is 8.24. The van der Waals surface area contributed by atoms with E-state index in [9.17, 15) is 22.4 Å². The van der Waals surface area contributed by atoms with Crippen LogP contribution in [0.5, 0.6) is 0 Å². The standard InChI is InChI=1S/C23H20ClF4N3O/c24-17-6-3-5-16(21(17)25)22(32)30-14-10-8-13(9-11-14)29-19-12-20(23(26,27)28)31-18-7-2-1-4-15(18)19/h1-7,12-14H,8-11H2,(H,29,31)(H,30,32)/t13-,14+. The molecule has 0 radical (unpaired) electrons. The molecule has 0 spiro atoms. The lowest BCUT2D eigenvalue weighted by Gasteiger charge is -2.30. The molecule has 0 atom stereocenters. The van der Waals surface area contributed by atoms with Crippen molar-refractivity contribution in [3.8, 4) is 0 Å². The van der Waals surface area contributed by atoms with Crippen LogP contribution in [0.15, 0.2) is 48.5 Å². The number of anilines is 1. The Morgan fingerprint density at radius 1 is 1.00 bits per heavy atom. The molecule has 0 unspecified atom stereocenters. The summed E-state index contributed by atoms with van der Waals surface area (Å²) in [7, 11) is 0. The minimum Gasteiger partial charge on any atom is -0.382 e. The molecule has 0 saturated heterocycles. The summed E-state index contributed by atoms with van der Waals surface area (Å²) in [5.41, 5.74) is -0.394. The van der Waals surface area contributed by atoms with Crippen LogP contribution >= 0.6 is 11.6 Å². The fourth-order valence-corrected chi connectivity index (χ4v) is 4.16. The van der Waals surface area contributed by atoms with Crippen LogP contribution in [0.25, 0.3) is 10.9 Å². The van der Waals surface area contributed by atoms with Gasteiger partial charge in [-0.1, -0.05) is 35.9 Å². The molecule has 168 valence electrons. The van der Waals surface area contributed by atoms with Gasteiger partial charge in [-0.05, 0) is 49.9 Å². The van der Waals surface area contributed by atoms with Gasteiger partial charge in [-0.2, -0.15) is 13.2 Å². The fourth-order valence-electron chi connectivity index (χ4n) is 3.98. The number of hydrogen-bond donors (Lipinski definition) is 2. The Balaban J connectivity index is 1.43. The Labute approximate surface area is 187 Å². The Morgan fingerprint density at radius 2 is 1.69 bits per heavy atom. The summed E-state index contributed by atoms with van der Waals surface area (Å²) >= 11 is 5.74. The highest BCUT2D eigenvalue weighted by Gasteiger charge is 2.34. The molecule has 1 aliphatic rings. The predicted octanol–water partition coefficient (Wildman–Crippen LogP) is 6.20. The van der Waals surface area contributed by atoms with E-state index in [1.807, 2.05) is 0 Å². The van der Waals surface area contributed by atoms with Crippen LogP contribution in [0, 0.1) is 5.82 Å². The molecule has 3 aromatic rings. The van der Waals surface area contributed by atoms with E-state index in [0.717, 1.165) is 6.07 Å². The molecule has 4 nitrogen and oxygen atoms in total. The van der Waals surface area contributed by atoms with Gasteiger partial charge in [0.05, 0.1) is 16.1 Å². The number of hydrogen-bond acceptors (Lipinski definition) is 3. The zero-order chi connectivity index (χ0) is 22.9. The van der Waals surface area contributed by atoms with Gasteiger partial charge in [-0.3, -0.25) is 4.79 Å². The van der Waals surface area contributed by atoms with E-state index in [1.165, 1.54) is 18.2 Å². The number of fused-ring (bicyclic) bond motifs is 1. The number of carbonyl (C=O) groups is 1. The predicted molar refractivity (Wildman–Crippen MR) is 115 cm³/mol. The normalized spacial score (nSPS) is 19.0. The average Bonchev–Trinajstić information content (AvgIpc) is 2.76. The first-order valence-electron chi connectivity index (χ1n) is 10.2. The molecule has 1 heterocycles. The molecule has 1 fully saturated rings. The van der Waals surface area contributed by atoms with Crippen LogP contribution < -0.4 is 10.6 Å². The minimum atomic E-state index is -4.54. The van der Waals surface area contributed by atoms with Gasteiger partial charge in [0.15, 0.2) is 5.82 Å². The van der Waals surface area contributed by atoms with Crippen molar-refractivity contribution in [1.29, 1.82) is 0 Å². The van der Waals surface area contributed by atoms with Crippen molar-refractivity contribution in [2.75, 3.05) is 5.32 Å². The van der Waals surface area contributed by atoms with Crippen molar-refractivity contribution < 1.29 is 22.4 Å². The summed E-state index contributed by atoms with van der Waals surface area (Å²) in [5, 5.41) is 6.55. The minimum absolute atomic E-state index is 0.0575. The van der Waals surface area contributed by atoms with E-state index in [0.29, 0.717) is 36.8 Å². The third-order valence-corrected chi connectivity index (χ3v) is 5.92. The number of amides is 1. The number of para-hydroxylation sites is 1. The number of benzene rings is 2. The van der Waals surface area contributed by atoms with E-state index in [2.05, 4.69) is 15.6 Å². The molecule has 1 aliphatic carbocycles. The van der Waals surface area contributed by atoms with Gasteiger partial charge in [0.25, 0.3) is 5.91 Å². The first kappa shape index (κ1) is 22.3. The maximum absolute atomic E-state index is 14.1. The monoisotopic (exact) mass is 465 g/mol. The van der Waals surface area contributed by atoms with Crippen LogP contribution in [0.4, 0.5) is 23.2 Å². The van der Waals surface area contributed by atoms with Gasteiger partial charge in [-0.15, -0.1) is 0 Å². The lowest BCUT2D eigenvalue weighted by atomic mass is 9.90. The molecule has 2 aromatic carbocycles. The molecule has 1 amide bonds. The van der Waals surface area contributed by atoms with E-state index in [1.54, 1.807) is 24.3 Å². The number of nitrogens with zero attached hydrogens (tertiary/aromatic N) is 1. The number of halogens is 5. The molecule has 1 saturated carbocycles. The quantitative estimate of drug-likeness (QED) is 0.451. The number of rotatable bonds is 4. The first-order valence-corrected chi connectivity index (χ1v) is 10.6. The molecule has 0 aliphatic heterocycles. The number of aromatic nitrogens is 1. The molecule has 32 heavy (non-hydrogen) atoms. The van der Waals surface area contributed by atoms with Gasteiger partial charge in [0.1, 0.15) is 5.69 Å². The number of carbonyl (C=O) groups excluding carboxylic acids is 1. The molecular formula is C23H20ClF4N3O. The maximum atomic E-state index is 14.1. The molecule has 1 aromatic heterocycles. The van der Waals surface area contributed by atoms with E-state index >= 15 is 0 Å². The Bertz CT molecular complexity index is 1140. The second-order valence-electron chi connectivity index (χ2n) is 7.84. The summed E-state index contributed by atoms with van der Waals surface area (Å²) in [6.07, 6.45) is -2.04. The molecular weight excluding hydrogens is 446 g/mol. The molecule has 4 rings (SSSR count). The molecule has 9 heteroatoms. The van der Waals surface area contributed by atoms with Gasteiger partial charge < -0.3 is 10.6 Å². The molecule has 2 N–H and O–H groups in total. The molecule has 0 bridgehead atoms. The maximum Gasteiger partial charge on any atom is 0.433 e.